The Morgan fingerprint density at radius 2 is 1.57 bits per heavy atom. The van der Waals surface area contributed by atoms with Crippen LogP contribution in [0.5, 0.6) is 0 Å². The monoisotopic (exact) mass is 154 g/mol. The van der Waals surface area contributed by atoms with Crippen LogP contribution in [0.2, 0.25) is 4.47 Å². The molecule has 0 aromatic heterocycles. The molecule has 40 valence electrons. The Morgan fingerprint density at radius 3 is 1.86 bits per heavy atom. The Hall–Kier alpha value is 0.636. The molecule has 0 heterocycles. The van der Waals surface area contributed by atoms with Crippen LogP contribution in [0.3, 0.4) is 0 Å². The standard InChI is InChI=1S/C6H11.Ga.2H/c1-2-4-6-5-3-1;;;/h1H,2-6H2;;;. The van der Waals surface area contributed by atoms with Crippen LogP contribution in [0.1, 0.15) is 32.1 Å². The van der Waals surface area contributed by atoms with Crippen molar-refractivity contribution in [1.29, 1.82) is 0 Å². The number of rotatable bonds is 0. The minimum atomic E-state index is 1.13. The Balaban J connectivity index is 2.12. The summed E-state index contributed by atoms with van der Waals surface area (Å²) >= 11 is 1.13. The molecule has 1 rings (SSSR count). The molecule has 0 unspecified atom stereocenters. The molecular formula is C6H13Ga. The zero-order chi connectivity index (χ0) is 5.11. The van der Waals surface area contributed by atoms with Gasteiger partial charge in [-0.1, -0.05) is 0 Å². The molecule has 0 nitrogen and oxygen atoms in total. The maximum atomic E-state index is 1.57. The third kappa shape index (κ3) is 1.91. The third-order valence-corrected chi connectivity index (χ3v) is 4.32. The van der Waals surface area contributed by atoms with Gasteiger partial charge >= 0.3 is 55.2 Å². The molecule has 0 radical (unpaired) electrons. The molecule has 0 aliphatic heterocycles. The van der Waals surface area contributed by atoms with Crippen LogP contribution < -0.4 is 0 Å². The fraction of sp³-hybridized carbons (Fsp3) is 1.00. The third-order valence-electron chi connectivity index (χ3n) is 1.89. The number of hydrogen-bond donors (Lipinski definition) is 0. The van der Waals surface area contributed by atoms with E-state index >= 15 is 0 Å². The van der Waals surface area contributed by atoms with Crippen LogP contribution in [-0.4, -0.2) is 18.6 Å². The molecular weight excluding hydrogens is 142 g/mol. The van der Waals surface area contributed by atoms with E-state index in [0.717, 1.165) is 18.6 Å². The van der Waals surface area contributed by atoms with Gasteiger partial charge in [0.05, 0.1) is 0 Å². The summed E-state index contributed by atoms with van der Waals surface area (Å²) in [6.07, 6.45) is 7.73. The van der Waals surface area contributed by atoms with Gasteiger partial charge in [-0.15, -0.1) is 0 Å². The Morgan fingerprint density at radius 1 is 1.00 bits per heavy atom. The second kappa shape index (κ2) is 2.83. The van der Waals surface area contributed by atoms with Gasteiger partial charge in [-0.05, 0) is 0 Å². The summed E-state index contributed by atoms with van der Waals surface area (Å²) in [4.78, 5) is 0. The maximum absolute atomic E-state index is 1.57. The molecule has 1 aliphatic carbocycles. The van der Waals surface area contributed by atoms with Crippen LogP contribution >= 0.6 is 0 Å². The van der Waals surface area contributed by atoms with Crippen molar-refractivity contribution in [2.24, 2.45) is 0 Å². The first kappa shape index (κ1) is 5.77. The van der Waals surface area contributed by atoms with E-state index in [2.05, 4.69) is 0 Å². The normalized spacial score (nSPS) is 25.1. The topological polar surface area (TPSA) is 0 Å². The zero-order valence-electron chi connectivity index (χ0n) is 5.11. The molecule has 7 heavy (non-hydrogen) atoms. The molecule has 1 heteroatoms. The van der Waals surface area contributed by atoms with Crippen LogP contribution in [0.25, 0.3) is 0 Å². The van der Waals surface area contributed by atoms with Gasteiger partial charge in [0.2, 0.25) is 0 Å². The summed E-state index contributed by atoms with van der Waals surface area (Å²) in [7, 11) is 0. The molecule has 0 saturated heterocycles. The van der Waals surface area contributed by atoms with Gasteiger partial charge in [0.1, 0.15) is 0 Å². The van der Waals surface area contributed by atoms with Gasteiger partial charge in [-0.25, -0.2) is 0 Å². The average Bonchev–Trinajstić information content (AvgIpc) is 1.69. The van der Waals surface area contributed by atoms with E-state index in [9.17, 15) is 0 Å². The summed E-state index contributed by atoms with van der Waals surface area (Å²) in [6.45, 7) is 0. The summed E-state index contributed by atoms with van der Waals surface area (Å²) in [5.74, 6) is 0. The van der Waals surface area contributed by atoms with Crippen molar-refractivity contribution in [1.82, 2.24) is 0 Å². The molecule has 0 amide bonds. The van der Waals surface area contributed by atoms with Crippen LogP contribution in [-0.2, 0) is 0 Å². The quantitative estimate of drug-likeness (QED) is 0.463. The molecule has 0 aromatic carbocycles. The van der Waals surface area contributed by atoms with Crippen molar-refractivity contribution in [3.8, 4) is 0 Å². The molecule has 1 saturated carbocycles. The Bertz CT molecular complexity index is 46.1. The van der Waals surface area contributed by atoms with Crippen molar-refractivity contribution >= 4 is 18.6 Å². The van der Waals surface area contributed by atoms with Crippen molar-refractivity contribution in [3.63, 3.8) is 0 Å². The van der Waals surface area contributed by atoms with Crippen LogP contribution in [0.15, 0.2) is 0 Å². The fourth-order valence-corrected chi connectivity index (χ4v) is 3.02. The molecule has 0 spiro atoms. The van der Waals surface area contributed by atoms with E-state index in [4.69, 9.17) is 0 Å². The van der Waals surface area contributed by atoms with Gasteiger partial charge in [0.15, 0.2) is 0 Å². The minimum absolute atomic E-state index is 1.13. The van der Waals surface area contributed by atoms with Gasteiger partial charge in [0.25, 0.3) is 0 Å². The van der Waals surface area contributed by atoms with E-state index in [1.54, 1.807) is 12.8 Å². The van der Waals surface area contributed by atoms with E-state index in [-0.39, 0.29) is 0 Å². The van der Waals surface area contributed by atoms with Crippen molar-refractivity contribution in [2.75, 3.05) is 0 Å². The molecule has 1 aliphatic rings. The van der Waals surface area contributed by atoms with Crippen LogP contribution in [0, 0.1) is 0 Å². The van der Waals surface area contributed by atoms with Gasteiger partial charge in [0, 0.05) is 0 Å². The molecule has 1 fully saturated rings. The van der Waals surface area contributed by atoms with Gasteiger partial charge in [-0.3, -0.25) is 0 Å². The molecule has 0 atom stereocenters. The Labute approximate surface area is 55.6 Å². The van der Waals surface area contributed by atoms with Crippen molar-refractivity contribution in [3.05, 3.63) is 0 Å². The summed E-state index contributed by atoms with van der Waals surface area (Å²) in [6, 6.07) is 0. The first-order valence-corrected chi connectivity index (χ1v) is 5.82. The number of hydrogen-bond acceptors (Lipinski definition) is 0. The second-order valence-electron chi connectivity index (χ2n) is 2.74. The Kier molecular flexibility index (Phi) is 2.33. The predicted octanol–water partition coefficient (Wildman–Crippen LogP) is 1.37. The van der Waals surface area contributed by atoms with E-state index in [1.165, 1.54) is 23.7 Å². The van der Waals surface area contributed by atoms with E-state index < -0.39 is 0 Å². The predicted molar refractivity (Wildman–Crippen MR) is 35.4 cm³/mol. The second-order valence-corrected chi connectivity index (χ2v) is 6.17. The first-order valence-electron chi connectivity index (χ1n) is 3.39. The summed E-state index contributed by atoms with van der Waals surface area (Å²) < 4.78 is 1.22. The van der Waals surface area contributed by atoms with Crippen molar-refractivity contribution in [2.45, 2.75) is 36.6 Å². The van der Waals surface area contributed by atoms with Gasteiger partial charge < -0.3 is 0 Å². The van der Waals surface area contributed by atoms with Gasteiger partial charge in [-0.2, -0.15) is 0 Å². The zero-order valence-corrected chi connectivity index (χ0v) is 9.31. The van der Waals surface area contributed by atoms with E-state index in [1.807, 2.05) is 0 Å². The molecule has 0 aromatic rings. The average molecular weight is 155 g/mol. The summed E-state index contributed by atoms with van der Waals surface area (Å²) in [5, 5.41) is 0. The fourth-order valence-electron chi connectivity index (χ4n) is 1.31. The van der Waals surface area contributed by atoms with Crippen molar-refractivity contribution < 1.29 is 0 Å². The van der Waals surface area contributed by atoms with E-state index in [0.29, 0.717) is 0 Å². The van der Waals surface area contributed by atoms with Crippen LogP contribution in [0.4, 0.5) is 0 Å². The first-order chi connectivity index (χ1) is 3.39. The molecule has 0 N–H and O–H groups in total. The summed E-state index contributed by atoms with van der Waals surface area (Å²) in [5.41, 5.74) is 0. The molecule has 0 bridgehead atoms. The SMILES string of the molecule is [GaH2][CH]1CCCCC1.